The average Bonchev–Trinajstić information content (AvgIpc) is 3.09. The molecule has 1 saturated heterocycles. The van der Waals surface area contributed by atoms with Crippen LogP contribution in [-0.2, 0) is 63.6 Å². The van der Waals surface area contributed by atoms with E-state index >= 15 is 0 Å². The summed E-state index contributed by atoms with van der Waals surface area (Å²) >= 11 is 18.0. The van der Waals surface area contributed by atoms with E-state index in [2.05, 4.69) is 0 Å². The van der Waals surface area contributed by atoms with Gasteiger partial charge in [0.15, 0.2) is 6.10 Å². The van der Waals surface area contributed by atoms with Gasteiger partial charge in [-0.1, -0.05) is 156 Å². The van der Waals surface area contributed by atoms with Crippen molar-refractivity contribution in [2.24, 2.45) is 0 Å². The molecule has 0 saturated carbocycles. The minimum absolute atomic E-state index is 0.00893. The van der Waals surface area contributed by atoms with Gasteiger partial charge >= 0.3 is 0 Å². The Morgan fingerprint density at radius 1 is 0.653 bits per heavy atom. The van der Waals surface area contributed by atoms with Crippen LogP contribution < -0.4 is 0 Å². The lowest BCUT2D eigenvalue weighted by Crippen LogP contribution is -2.62. The molecule has 5 atom stereocenters. The first-order valence-electron chi connectivity index (χ1n) is 15.4. The molecule has 1 aliphatic heterocycles. The largest absolute Gasteiger partial charge is 0.445 e. The fourth-order valence-electron chi connectivity index (χ4n) is 5.16. The number of hydrogen-bond acceptors (Lipinski definition) is 9. The molecule has 9 nitrogen and oxygen atoms in total. The maximum Gasteiger partial charge on any atom is 0.271 e. The summed E-state index contributed by atoms with van der Waals surface area (Å²) < 4.78 is 62.2. The number of ether oxygens (including phenoxy) is 5. The Balaban J connectivity index is 1.51. The molecule has 1 aliphatic rings. The fourth-order valence-corrected chi connectivity index (χ4v) is 6.52. The Morgan fingerprint density at radius 2 is 1.10 bits per heavy atom. The molecular formula is C36H36Cl3NO8S. The second kappa shape index (κ2) is 17.8. The first-order chi connectivity index (χ1) is 23.6. The monoisotopic (exact) mass is 747 g/mol. The molecule has 0 aromatic heterocycles. The van der Waals surface area contributed by atoms with Crippen LogP contribution in [-0.4, -0.2) is 55.4 Å². The zero-order valence-electron chi connectivity index (χ0n) is 26.3. The summed E-state index contributed by atoms with van der Waals surface area (Å²) in [6.45, 7) is 0.255. The summed E-state index contributed by atoms with van der Waals surface area (Å²) in [5.41, 5.74) is 3.04. The number of nitrogens with one attached hydrogen (secondary N) is 1. The number of alkyl halides is 3. The Kier molecular flexibility index (Phi) is 13.5. The minimum Gasteiger partial charge on any atom is -0.445 e. The van der Waals surface area contributed by atoms with Crippen molar-refractivity contribution >= 4 is 50.8 Å². The zero-order valence-corrected chi connectivity index (χ0v) is 29.4. The second-order valence-corrected chi connectivity index (χ2v) is 15.1. The minimum atomic E-state index is -4.28. The maximum atomic E-state index is 13.7. The van der Waals surface area contributed by atoms with Gasteiger partial charge in [0.1, 0.15) is 24.1 Å². The van der Waals surface area contributed by atoms with E-state index < -0.39 is 56.3 Å². The first-order valence-corrected chi connectivity index (χ1v) is 18.1. The van der Waals surface area contributed by atoms with Gasteiger partial charge in [0.2, 0.25) is 12.2 Å². The molecule has 0 amide bonds. The molecular weight excluding hydrogens is 713 g/mol. The summed E-state index contributed by atoms with van der Waals surface area (Å²) in [6.07, 6.45) is -6.15. The molecule has 0 aliphatic carbocycles. The highest BCUT2D eigenvalue weighted by Gasteiger charge is 2.52. The number of halogens is 3. The highest BCUT2D eigenvalue weighted by Crippen LogP contribution is 2.35. The highest BCUT2D eigenvalue weighted by atomic mass is 35.6. The van der Waals surface area contributed by atoms with Crippen LogP contribution in [0.2, 0.25) is 0 Å². The molecule has 1 fully saturated rings. The van der Waals surface area contributed by atoms with Crippen LogP contribution in [0.3, 0.4) is 0 Å². The topological polar surface area (TPSA) is 113 Å². The van der Waals surface area contributed by atoms with E-state index in [9.17, 15) is 8.42 Å². The molecule has 0 radical (unpaired) electrons. The van der Waals surface area contributed by atoms with E-state index in [1.54, 1.807) is 30.3 Å². The van der Waals surface area contributed by atoms with E-state index in [0.717, 1.165) is 16.7 Å². The first kappa shape index (κ1) is 37.2. The summed E-state index contributed by atoms with van der Waals surface area (Å²) in [6, 6.07) is 36.7. The zero-order chi connectivity index (χ0) is 34.7. The van der Waals surface area contributed by atoms with Gasteiger partial charge < -0.3 is 23.7 Å². The quantitative estimate of drug-likeness (QED) is 0.0581. The molecule has 0 bridgehead atoms. The molecule has 4 aromatic rings. The molecule has 4 aromatic carbocycles. The fraction of sp³-hybridized carbons (Fsp3) is 0.306. The van der Waals surface area contributed by atoms with Gasteiger partial charge in [0, 0.05) is 0 Å². The summed E-state index contributed by atoms with van der Waals surface area (Å²) in [4.78, 5) is 0. The Labute approximate surface area is 301 Å². The Hall–Kier alpha value is -3.03. The lowest BCUT2D eigenvalue weighted by atomic mass is 9.98. The predicted molar refractivity (Wildman–Crippen MR) is 188 cm³/mol. The molecule has 1 unspecified atom stereocenters. The van der Waals surface area contributed by atoms with E-state index in [1.165, 1.54) is 0 Å². The Morgan fingerprint density at radius 3 is 1.59 bits per heavy atom. The lowest BCUT2D eigenvalue weighted by molar-refractivity contribution is -0.299. The maximum absolute atomic E-state index is 13.7. The van der Waals surface area contributed by atoms with Crippen LogP contribution in [0.15, 0.2) is 121 Å². The highest BCUT2D eigenvalue weighted by molar-refractivity contribution is 7.85. The van der Waals surface area contributed by atoms with Crippen LogP contribution in [0, 0.1) is 5.41 Å². The SMILES string of the molecule is N=C(OC1O[C@H](COCc2ccccc2)[C@@H](OCc2ccccc2)[C@H](OS(=O)(=O)Cc2ccccc2)[C@@H]1OCc1ccccc1)C(Cl)(Cl)Cl. The number of benzene rings is 4. The summed E-state index contributed by atoms with van der Waals surface area (Å²) in [7, 11) is -4.28. The Bertz CT molecular complexity index is 1700. The van der Waals surface area contributed by atoms with E-state index in [-0.39, 0.29) is 26.4 Å². The van der Waals surface area contributed by atoms with Crippen LogP contribution >= 0.6 is 34.8 Å². The molecule has 1 N–H and O–H groups in total. The average molecular weight is 749 g/mol. The van der Waals surface area contributed by atoms with Crippen LogP contribution in [0.25, 0.3) is 0 Å². The summed E-state index contributed by atoms with van der Waals surface area (Å²) in [5, 5.41) is 8.34. The van der Waals surface area contributed by atoms with Crippen molar-refractivity contribution in [3.63, 3.8) is 0 Å². The van der Waals surface area contributed by atoms with Crippen molar-refractivity contribution in [1.29, 1.82) is 5.41 Å². The van der Waals surface area contributed by atoms with Crippen molar-refractivity contribution < 1.29 is 36.3 Å². The van der Waals surface area contributed by atoms with E-state index in [4.69, 9.17) is 68.1 Å². The number of rotatable bonds is 15. The molecule has 1 heterocycles. The molecule has 13 heteroatoms. The smallest absolute Gasteiger partial charge is 0.271 e. The second-order valence-electron chi connectivity index (χ2n) is 11.3. The van der Waals surface area contributed by atoms with E-state index in [0.29, 0.717) is 5.56 Å². The number of hydrogen-bond donors (Lipinski definition) is 1. The van der Waals surface area contributed by atoms with Gasteiger partial charge in [-0.3, -0.25) is 9.59 Å². The van der Waals surface area contributed by atoms with Crippen molar-refractivity contribution in [1.82, 2.24) is 0 Å². The van der Waals surface area contributed by atoms with Crippen LogP contribution in [0.4, 0.5) is 0 Å². The normalized spacial score (nSPS) is 21.2. The van der Waals surface area contributed by atoms with Gasteiger partial charge in [0.25, 0.3) is 13.9 Å². The third-order valence-corrected chi connectivity index (χ3v) is 9.21. The van der Waals surface area contributed by atoms with Crippen molar-refractivity contribution in [2.45, 2.75) is 60.1 Å². The van der Waals surface area contributed by atoms with Crippen LogP contribution in [0.5, 0.6) is 0 Å². The van der Waals surface area contributed by atoms with Crippen molar-refractivity contribution in [2.75, 3.05) is 6.61 Å². The standard InChI is InChI=1S/C36H36Cl3NO8S/c37-36(38,39)35(40)47-34-33(45-23-28-17-9-3-10-18-28)32(48-49(41,42)25-29-19-11-4-12-20-29)31(44-22-27-15-7-2-8-16-27)30(46-34)24-43-21-26-13-5-1-6-14-26/h1-20,30-34,40H,21-25H2/t30-,31-,32+,33+,34?/m1/s1. The molecule has 5 rings (SSSR count). The predicted octanol–water partition coefficient (Wildman–Crippen LogP) is 7.38. The third kappa shape index (κ3) is 11.5. The third-order valence-electron chi connectivity index (χ3n) is 7.49. The van der Waals surface area contributed by atoms with Gasteiger partial charge in [0.05, 0.1) is 26.4 Å². The summed E-state index contributed by atoms with van der Waals surface area (Å²) in [5.74, 6) is -1.18. The molecule has 260 valence electrons. The van der Waals surface area contributed by atoms with E-state index in [1.807, 2.05) is 91.0 Å². The van der Waals surface area contributed by atoms with Crippen molar-refractivity contribution in [3.05, 3.63) is 144 Å². The van der Waals surface area contributed by atoms with Gasteiger partial charge in [-0.05, 0) is 22.3 Å². The van der Waals surface area contributed by atoms with Gasteiger partial charge in [-0.2, -0.15) is 8.42 Å². The molecule has 0 spiro atoms. The lowest BCUT2D eigenvalue weighted by Gasteiger charge is -2.45. The van der Waals surface area contributed by atoms with Gasteiger partial charge in [-0.15, -0.1) is 0 Å². The van der Waals surface area contributed by atoms with Crippen molar-refractivity contribution in [3.8, 4) is 0 Å². The van der Waals surface area contributed by atoms with Gasteiger partial charge in [-0.25, -0.2) is 0 Å². The molecule has 49 heavy (non-hydrogen) atoms. The van der Waals surface area contributed by atoms with Crippen LogP contribution in [0.1, 0.15) is 22.3 Å².